The highest BCUT2D eigenvalue weighted by atomic mass is 32.2. The highest BCUT2D eigenvalue weighted by Gasteiger charge is 2.34. The van der Waals surface area contributed by atoms with E-state index in [-0.39, 0.29) is 22.2 Å². The molecule has 1 unspecified atom stereocenters. The maximum atomic E-state index is 13.0. The number of nitrogens with one attached hydrogen (secondary N) is 1. The molecule has 3 rings (SSSR count). The maximum absolute atomic E-state index is 13.0. The quantitative estimate of drug-likeness (QED) is 0.710. The first-order valence-electron chi connectivity index (χ1n) is 7.90. The molecule has 0 aliphatic heterocycles. The van der Waals surface area contributed by atoms with Gasteiger partial charge in [0, 0.05) is 12.1 Å². The number of rotatable bonds is 5. The molecule has 0 saturated carbocycles. The molecule has 1 aromatic carbocycles. The lowest BCUT2D eigenvalue weighted by atomic mass is 10.2. The highest BCUT2D eigenvalue weighted by molar-refractivity contribution is 7.91. The van der Waals surface area contributed by atoms with Crippen LogP contribution >= 0.6 is 0 Å². The second kappa shape index (κ2) is 6.80. The molecule has 11 heteroatoms. The van der Waals surface area contributed by atoms with E-state index < -0.39 is 27.7 Å². The van der Waals surface area contributed by atoms with Crippen molar-refractivity contribution in [2.24, 2.45) is 0 Å². The number of nitrogens with zero attached hydrogens (tertiary/aromatic N) is 4. The van der Waals surface area contributed by atoms with Gasteiger partial charge in [-0.3, -0.25) is 0 Å². The van der Waals surface area contributed by atoms with Crippen molar-refractivity contribution in [2.75, 3.05) is 11.1 Å². The normalized spacial score (nSPS) is 13.7. The van der Waals surface area contributed by atoms with Crippen LogP contribution in [0.2, 0.25) is 0 Å². The summed E-state index contributed by atoms with van der Waals surface area (Å²) in [4.78, 5) is 7.24. The molecule has 0 aliphatic carbocycles. The van der Waals surface area contributed by atoms with E-state index in [9.17, 15) is 21.6 Å². The molecule has 0 saturated heterocycles. The van der Waals surface area contributed by atoms with Gasteiger partial charge in [0.25, 0.3) is 5.78 Å². The first-order valence-corrected chi connectivity index (χ1v) is 9.55. The second-order valence-electron chi connectivity index (χ2n) is 6.14. The van der Waals surface area contributed by atoms with Crippen molar-refractivity contribution in [1.82, 2.24) is 19.6 Å². The lowest BCUT2D eigenvalue weighted by Crippen LogP contribution is -2.27. The summed E-state index contributed by atoms with van der Waals surface area (Å²) in [6, 6.07) is 6.45. The number of halogens is 3. The van der Waals surface area contributed by atoms with Gasteiger partial charge in [-0.1, -0.05) is 17.7 Å². The smallest absolute Gasteiger partial charge is 0.366 e. The monoisotopic (exact) mass is 399 g/mol. The predicted octanol–water partition coefficient (Wildman–Crippen LogP) is 2.73. The van der Waals surface area contributed by atoms with Gasteiger partial charge in [-0.2, -0.15) is 27.8 Å². The van der Waals surface area contributed by atoms with Crippen LogP contribution < -0.4 is 5.32 Å². The zero-order chi connectivity index (χ0) is 19.8. The Morgan fingerprint density at radius 1 is 1.22 bits per heavy atom. The van der Waals surface area contributed by atoms with Crippen molar-refractivity contribution in [2.45, 2.75) is 31.0 Å². The zero-order valence-corrected chi connectivity index (χ0v) is 15.2. The molecule has 1 atom stereocenters. The number of aryl methyl sites for hydroxylation is 1. The van der Waals surface area contributed by atoms with Crippen LogP contribution in [0.5, 0.6) is 0 Å². The Labute approximate surface area is 153 Å². The van der Waals surface area contributed by atoms with Crippen LogP contribution in [0.15, 0.2) is 41.6 Å². The fourth-order valence-corrected chi connectivity index (χ4v) is 4.01. The molecular formula is C16H16F3N5O2S. The van der Waals surface area contributed by atoms with Crippen molar-refractivity contribution in [3.05, 3.63) is 47.9 Å². The van der Waals surface area contributed by atoms with Crippen LogP contribution in [0.25, 0.3) is 5.78 Å². The number of fused-ring (bicyclic) bond motifs is 1. The molecule has 7 nitrogen and oxygen atoms in total. The van der Waals surface area contributed by atoms with Crippen molar-refractivity contribution < 1.29 is 21.6 Å². The van der Waals surface area contributed by atoms with Gasteiger partial charge in [-0.15, -0.1) is 0 Å². The largest absolute Gasteiger partial charge is 0.433 e. The molecule has 27 heavy (non-hydrogen) atoms. The standard InChI is InChI=1S/C16H16F3N5O2S/c1-10-3-5-12(6-4-10)27(25,26)8-11(2)22-14-7-13(16(17,18)19)23-15-20-9-21-24(14)15/h3-7,9,11,22H,8H2,1-2H3. The number of hydrogen-bond acceptors (Lipinski definition) is 6. The van der Waals surface area contributed by atoms with Gasteiger partial charge >= 0.3 is 6.18 Å². The molecule has 0 fully saturated rings. The van der Waals surface area contributed by atoms with E-state index in [1.54, 1.807) is 19.1 Å². The first-order chi connectivity index (χ1) is 12.6. The molecule has 3 aromatic rings. The summed E-state index contributed by atoms with van der Waals surface area (Å²) in [7, 11) is -3.62. The van der Waals surface area contributed by atoms with Crippen LogP contribution in [-0.2, 0) is 16.0 Å². The first kappa shape index (κ1) is 19.1. The lowest BCUT2D eigenvalue weighted by Gasteiger charge is -2.17. The van der Waals surface area contributed by atoms with E-state index in [0.29, 0.717) is 0 Å². The summed E-state index contributed by atoms with van der Waals surface area (Å²) in [6.07, 6.45) is -3.59. The Hall–Kier alpha value is -2.69. The van der Waals surface area contributed by atoms with Crippen molar-refractivity contribution in [1.29, 1.82) is 0 Å². The van der Waals surface area contributed by atoms with E-state index in [1.807, 2.05) is 6.92 Å². The van der Waals surface area contributed by atoms with E-state index in [4.69, 9.17) is 0 Å². The van der Waals surface area contributed by atoms with Gasteiger partial charge in [-0.05, 0) is 26.0 Å². The van der Waals surface area contributed by atoms with Crippen LogP contribution in [0.3, 0.4) is 0 Å². The number of anilines is 1. The molecule has 0 aliphatic rings. The lowest BCUT2D eigenvalue weighted by molar-refractivity contribution is -0.141. The Balaban J connectivity index is 1.86. The van der Waals surface area contributed by atoms with Gasteiger partial charge in [0.1, 0.15) is 12.1 Å². The van der Waals surface area contributed by atoms with Gasteiger partial charge in [0.2, 0.25) is 0 Å². The van der Waals surface area contributed by atoms with E-state index in [2.05, 4.69) is 20.4 Å². The molecule has 1 N–H and O–H groups in total. The third kappa shape index (κ3) is 4.18. The third-order valence-electron chi connectivity index (χ3n) is 3.79. The zero-order valence-electron chi connectivity index (χ0n) is 14.4. The SMILES string of the molecule is Cc1ccc(S(=O)(=O)CC(C)Nc2cc(C(F)(F)F)nc3ncnn23)cc1. The molecule has 2 aromatic heterocycles. The average molecular weight is 399 g/mol. The summed E-state index contributed by atoms with van der Waals surface area (Å²) < 4.78 is 65.2. The van der Waals surface area contributed by atoms with Crippen LogP contribution in [-0.4, -0.2) is 39.8 Å². The molecule has 0 amide bonds. The highest BCUT2D eigenvalue weighted by Crippen LogP contribution is 2.29. The third-order valence-corrected chi connectivity index (χ3v) is 5.72. The summed E-state index contributed by atoms with van der Waals surface area (Å²) >= 11 is 0. The number of sulfone groups is 1. The Kier molecular flexibility index (Phi) is 4.81. The van der Waals surface area contributed by atoms with Gasteiger partial charge in [-0.25, -0.2) is 13.4 Å². The Morgan fingerprint density at radius 2 is 1.89 bits per heavy atom. The summed E-state index contributed by atoms with van der Waals surface area (Å²) in [5, 5.41) is 6.59. The molecule has 0 radical (unpaired) electrons. The summed E-state index contributed by atoms with van der Waals surface area (Å²) in [6.45, 7) is 3.40. The van der Waals surface area contributed by atoms with E-state index >= 15 is 0 Å². The Bertz CT molecular complexity index is 1060. The van der Waals surface area contributed by atoms with Crippen LogP contribution in [0, 0.1) is 6.92 Å². The predicted molar refractivity (Wildman–Crippen MR) is 92.1 cm³/mol. The van der Waals surface area contributed by atoms with Crippen molar-refractivity contribution in [3.63, 3.8) is 0 Å². The van der Waals surface area contributed by atoms with Crippen molar-refractivity contribution >= 4 is 21.4 Å². The number of hydrogen-bond donors (Lipinski definition) is 1. The number of aromatic nitrogens is 4. The summed E-state index contributed by atoms with van der Waals surface area (Å²) in [5.74, 6) is -0.590. The van der Waals surface area contributed by atoms with Gasteiger partial charge in [0.05, 0.1) is 10.6 Å². The molecular weight excluding hydrogens is 383 g/mol. The molecule has 2 heterocycles. The number of alkyl halides is 3. The van der Waals surface area contributed by atoms with Crippen LogP contribution in [0.4, 0.5) is 19.0 Å². The minimum Gasteiger partial charge on any atom is -0.366 e. The van der Waals surface area contributed by atoms with E-state index in [1.165, 1.54) is 12.1 Å². The maximum Gasteiger partial charge on any atom is 0.433 e. The Morgan fingerprint density at radius 3 is 2.52 bits per heavy atom. The topological polar surface area (TPSA) is 89.2 Å². The van der Waals surface area contributed by atoms with Crippen molar-refractivity contribution in [3.8, 4) is 0 Å². The van der Waals surface area contributed by atoms with Gasteiger partial charge < -0.3 is 5.32 Å². The fourth-order valence-electron chi connectivity index (χ4n) is 2.53. The molecule has 0 bridgehead atoms. The van der Waals surface area contributed by atoms with Crippen LogP contribution in [0.1, 0.15) is 18.2 Å². The fraction of sp³-hybridized carbons (Fsp3) is 0.312. The number of benzene rings is 1. The molecule has 0 spiro atoms. The van der Waals surface area contributed by atoms with E-state index in [0.717, 1.165) is 22.5 Å². The molecule has 144 valence electrons. The minimum absolute atomic E-state index is 0.0450. The van der Waals surface area contributed by atoms with Gasteiger partial charge in [0.15, 0.2) is 15.5 Å². The summed E-state index contributed by atoms with van der Waals surface area (Å²) in [5.41, 5.74) is -0.218. The second-order valence-corrected chi connectivity index (χ2v) is 8.17. The minimum atomic E-state index is -4.67. The average Bonchev–Trinajstić information content (AvgIpc) is 3.02.